The molecule has 0 atom stereocenters. The highest BCUT2D eigenvalue weighted by Crippen LogP contribution is 2.19. The molecule has 0 saturated carbocycles. The lowest BCUT2D eigenvalue weighted by molar-refractivity contribution is 0.340. The number of benzene rings is 1. The first kappa shape index (κ1) is 14.2. The number of halogens is 4. The summed E-state index contributed by atoms with van der Waals surface area (Å²) in [4.78, 5) is 3.03. The molecule has 1 aromatic carbocycles. The third kappa shape index (κ3) is 8.81. The van der Waals surface area contributed by atoms with Gasteiger partial charge < -0.3 is 22.0 Å². The van der Waals surface area contributed by atoms with E-state index in [2.05, 4.69) is 4.98 Å². The highest BCUT2D eigenvalue weighted by Gasteiger charge is 2.20. The van der Waals surface area contributed by atoms with Crippen LogP contribution in [0, 0.1) is 5.39 Å². The van der Waals surface area contributed by atoms with Crippen molar-refractivity contribution >= 4 is 12.9 Å². The Labute approximate surface area is 89.8 Å². The summed E-state index contributed by atoms with van der Waals surface area (Å²) in [6.07, 6.45) is 0. The fourth-order valence-electron chi connectivity index (χ4n) is 0.802. The summed E-state index contributed by atoms with van der Waals surface area (Å²) in [5.74, 6) is 0.725. The Kier molecular flexibility index (Phi) is 5.92. The van der Waals surface area contributed by atoms with Crippen molar-refractivity contribution in [2.45, 2.75) is 6.92 Å². The fourth-order valence-corrected chi connectivity index (χ4v) is 0.802. The lowest BCUT2D eigenvalue weighted by Crippen LogP contribution is -2.02. The maximum Gasteiger partial charge on any atom is 0.673 e. The second-order valence-corrected chi connectivity index (χ2v) is 2.53. The minimum atomic E-state index is -6.00. The molecule has 1 aromatic rings. The van der Waals surface area contributed by atoms with E-state index in [1.54, 1.807) is 18.2 Å². The van der Waals surface area contributed by atoms with Gasteiger partial charge >= 0.3 is 12.9 Å². The molecule has 0 saturated heterocycles. The van der Waals surface area contributed by atoms with E-state index in [1.807, 2.05) is 13.0 Å². The highest BCUT2D eigenvalue weighted by molar-refractivity contribution is 6.50. The summed E-state index contributed by atoms with van der Waals surface area (Å²) < 4.78 is 44.2. The van der Waals surface area contributed by atoms with E-state index in [9.17, 15) is 17.3 Å². The molecule has 0 N–H and O–H groups in total. The van der Waals surface area contributed by atoms with E-state index < -0.39 is 7.25 Å². The maximum absolute atomic E-state index is 9.75. The molecule has 0 aromatic heterocycles. The van der Waals surface area contributed by atoms with Crippen LogP contribution < -0.4 is 4.74 Å². The number of rotatable bonds is 2. The first-order valence-corrected chi connectivity index (χ1v) is 4.32. The quantitative estimate of drug-likeness (QED) is 0.444. The van der Waals surface area contributed by atoms with E-state index >= 15 is 0 Å². The van der Waals surface area contributed by atoms with Crippen LogP contribution in [0.5, 0.6) is 5.75 Å². The van der Waals surface area contributed by atoms with E-state index in [0.29, 0.717) is 12.3 Å². The van der Waals surface area contributed by atoms with Crippen molar-refractivity contribution in [3.63, 3.8) is 0 Å². The summed E-state index contributed by atoms with van der Waals surface area (Å²) >= 11 is 0. The monoisotopic (exact) mass is 236 g/mol. The maximum atomic E-state index is 9.75. The van der Waals surface area contributed by atoms with Crippen LogP contribution in [0.15, 0.2) is 24.3 Å². The molecule has 0 aliphatic carbocycles. The van der Waals surface area contributed by atoms with Gasteiger partial charge in [0, 0.05) is 6.07 Å². The van der Waals surface area contributed by atoms with Crippen molar-refractivity contribution in [2.24, 2.45) is 0 Å². The van der Waals surface area contributed by atoms with E-state index in [1.165, 1.54) is 0 Å². The van der Waals surface area contributed by atoms with Gasteiger partial charge in [-0.05, 0) is 13.0 Å². The Balaban J connectivity index is 0.000000385. The third-order valence-corrected chi connectivity index (χ3v) is 1.24. The molecule has 1 rings (SSSR count). The molecule has 0 amide bonds. The van der Waals surface area contributed by atoms with Crippen molar-refractivity contribution < 1.29 is 22.0 Å². The van der Waals surface area contributed by atoms with Crippen LogP contribution in [0.3, 0.4) is 0 Å². The summed E-state index contributed by atoms with van der Waals surface area (Å²) in [5.41, 5.74) is 0.510. The minimum Gasteiger partial charge on any atom is -0.494 e. The van der Waals surface area contributed by atoms with Gasteiger partial charge in [0.15, 0.2) is 4.98 Å². The largest absolute Gasteiger partial charge is 0.673 e. The zero-order chi connectivity index (χ0) is 12.6. The number of hydrogen-bond acceptors (Lipinski definition) is 2. The molecule has 0 aliphatic heterocycles. The standard InChI is InChI=1S/C8H9N2O.BF4/c1-2-11-8-5-3-4-7(6-8)10-9;2-1(3,4)5/h3-6H,2H2,1H3;/q+1;-1. The van der Waals surface area contributed by atoms with Gasteiger partial charge in [-0.3, -0.25) is 0 Å². The predicted molar refractivity (Wildman–Crippen MR) is 52.5 cm³/mol. The normalized spacial score (nSPS) is 9.75. The lowest BCUT2D eigenvalue weighted by Gasteiger charge is -1.98. The Morgan fingerprint density at radius 1 is 1.31 bits per heavy atom. The van der Waals surface area contributed by atoms with Crippen molar-refractivity contribution in [3.05, 3.63) is 29.2 Å². The van der Waals surface area contributed by atoms with Gasteiger partial charge in [0.05, 0.1) is 12.7 Å². The van der Waals surface area contributed by atoms with Crippen LogP contribution in [-0.2, 0) is 0 Å². The van der Waals surface area contributed by atoms with Gasteiger partial charge in [-0.25, -0.2) is 0 Å². The number of nitrogens with zero attached hydrogens (tertiary/aromatic N) is 2. The number of diazo groups is 1. The number of ether oxygens (including phenoxy) is 1. The van der Waals surface area contributed by atoms with Gasteiger partial charge in [0.1, 0.15) is 5.75 Å². The molecule has 0 fully saturated rings. The second-order valence-electron chi connectivity index (χ2n) is 2.53. The first-order chi connectivity index (χ1) is 7.36. The third-order valence-electron chi connectivity index (χ3n) is 1.24. The molecule has 0 unspecified atom stereocenters. The predicted octanol–water partition coefficient (Wildman–Crippen LogP) is 3.87. The van der Waals surface area contributed by atoms with Crippen LogP contribution in [0.1, 0.15) is 6.92 Å². The Hall–Kier alpha value is -1.78. The molecular weight excluding hydrogens is 227 g/mol. The molecule has 88 valence electrons. The van der Waals surface area contributed by atoms with Crippen LogP contribution in [0.2, 0.25) is 0 Å². The van der Waals surface area contributed by atoms with Gasteiger partial charge in [0.25, 0.3) is 0 Å². The average Bonchev–Trinajstić information content (AvgIpc) is 2.16. The summed E-state index contributed by atoms with van der Waals surface area (Å²) in [6, 6.07) is 6.96. The van der Waals surface area contributed by atoms with Crippen LogP contribution in [-0.4, -0.2) is 13.9 Å². The van der Waals surface area contributed by atoms with E-state index in [4.69, 9.17) is 10.1 Å². The summed E-state index contributed by atoms with van der Waals surface area (Å²) in [5, 5.41) is 8.40. The van der Waals surface area contributed by atoms with Crippen LogP contribution >= 0.6 is 0 Å². The van der Waals surface area contributed by atoms with E-state index in [-0.39, 0.29) is 0 Å². The van der Waals surface area contributed by atoms with E-state index in [0.717, 1.165) is 5.75 Å². The zero-order valence-electron chi connectivity index (χ0n) is 8.41. The molecule has 0 spiro atoms. The summed E-state index contributed by atoms with van der Waals surface area (Å²) in [7, 11) is -6.00. The van der Waals surface area contributed by atoms with Gasteiger partial charge in [0.2, 0.25) is 5.39 Å². The van der Waals surface area contributed by atoms with Gasteiger partial charge in [-0.1, -0.05) is 6.07 Å². The molecular formula is C8H9BF4N2O. The van der Waals surface area contributed by atoms with Crippen LogP contribution in [0.4, 0.5) is 23.0 Å². The van der Waals surface area contributed by atoms with Crippen molar-refractivity contribution in [1.82, 2.24) is 0 Å². The molecule has 16 heavy (non-hydrogen) atoms. The average molecular weight is 236 g/mol. The topological polar surface area (TPSA) is 37.4 Å². The molecule has 3 nitrogen and oxygen atoms in total. The van der Waals surface area contributed by atoms with Crippen molar-refractivity contribution in [1.29, 1.82) is 5.39 Å². The molecule has 0 heterocycles. The minimum absolute atomic E-state index is 0.510. The fraction of sp³-hybridized carbons (Fsp3) is 0.250. The first-order valence-electron chi connectivity index (χ1n) is 4.32. The van der Waals surface area contributed by atoms with Gasteiger partial charge in [-0.15, -0.1) is 0 Å². The number of hydrogen-bond donors (Lipinski definition) is 0. The zero-order valence-corrected chi connectivity index (χ0v) is 8.41. The highest BCUT2D eigenvalue weighted by atomic mass is 19.5. The lowest BCUT2D eigenvalue weighted by atomic mass is 10.3. The van der Waals surface area contributed by atoms with Crippen molar-refractivity contribution in [3.8, 4) is 5.75 Å². The summed E-state index contributed by atoms with van der Waals surface area (Å²) in [6.45, 7) is 2.53. The Bertz CT molecular complexity index is 358. The molecule has 0 radical (unpaired) electrons. The molecule has 8 heteroatoms. The van der Waals surface area contributed by atoms with Crippen molar-refractivity contribution in [2.75, 3.05) is 6.61 Å². The van der Waals surface area contributed by atoms with Crippen LogP contribution in [0.25, 0.3) is 4.98 Å². The van der Waals surface area contributed by atoms with Gasteiger partial charge in [-0.2, -0.15) is 0 Å². The molecule has 0 aliphatic rings. The second kappa shape index (κ2) is 6.66. The SMILES string of the molecule is CCOc1cccc([N+]#N)c1.F[B-](F)(F)F. The Morgan fingerprint density at radius 3 is 2.31 bits per heavy atom. The smallest absolute Gasteiger partial charge is 0.494 e. The molecule has 0 bridgehead atoms. The Morgan fingerprint density at radius 2 is 1.88 bits per heavy atom.